The van der Waals surface area contributed by atoms with Gasteiger partial charge in [0.15, 0.2) is 11.5 Å². The summed E-state index contributed by atoms with van der Waals surface area (Å²) in [6.45, 7) is 3.90. The number of carbonyl (C=O) groups is 2. The second-order valence-corrected chi connectivity index (χ2v) is 4.04. The largest absolute Gasteiger partial charge is 2.00 e. The molecule has 9 heteroatoms. The Morgan fingerprint density at radius 3 is 1.79 bits per heavy atom. The summed E-state index contributed by atoms with van der Waals surface area (Å²) in [4.78, 5) is 17.8. The van der Waals surface area contributed by atoms with Gasteiger partial charge in [0.05, 0.1) is 7.11 Å². The maximum Gasteiger partial charge on any atom is 2.00 e. The molecule has 0 saturated carbocycles. The van der Waals surface area contributed by atoms with Gasteiger partial charge in [0.2, 0.25) is 0 Å². The standard InChI is InChI=1S/C11H14N2O2.2C2H4O2.Mn/c1-3-7-4-10(15-2)11(14)9(6-13)8(7)5-12;2*1-2(3)4;/h4-6,12-14H,3H2,1-2H3;2*1H3,(H,3,4);/q;;;+2/p-2. The fourth-order valence-corrected chi connectivity index (χ4v) is 1.50. The number of phenols is 1. The number of phenolic OH excluding ortho intramolecular Hbond substituents is 1. The summed E-state index contributed by atoms with van der Waals surface area (Å²) in [5.41, 5.74) is 1.80. The summed E-state index contributed by atoms with van der Waals surface area (Å²) in [6.07, 6.45) is 2.91. The van der Waals surface area contributed by atoms with Crippen LogP contribution >= 0.6 is 0 Å². The minimum atomic E-state index is -1.08. The Balaban J connectivity index is -0.000000413. The molecule has 0 atom stereocenters. The van der Waals surface area contributed by atoms with Crippen LogP contribution in [-0.4, -0.2) is 36.6 Å². The smallest absolute Gasteiger partial charge is 0.550 e. The molecule has 8 nitrogen and oxygen atoms in total. The minimum Gasteiger partial charge on any atom is -0.550 e. The number of rotatable bonds is 4. The number of methoxy groups -OCH3 is 1. The van der Waals surface area contributed by atoms with Crippen molar-refractivity contribution < 1.29 is 46.7 Å². The molecule has 0 unspecified atom stereocenters. The number of hydrogen-bond donors (Lipinski definition) is 3. The molecule has 1 aromatic rings. The number of carboxylic acids is 2. The van der Waals surface area contributed by atoms with Gasteiger partial charge in [0.25, 0.3) is 0 Å². The molecule has 1 radical (unpaired) electrons. The van der Waals surface area contributed by atoms with Crippen LogP contribution in [0.5, 0.6) is 11.5 Å². The number of nitrogens with one attached hydrogen (secondary N) is 2. The summed E-state index contributed by atoms with van der Waals surface area (Å²) in [5, 5.41) is 42.0. The van der Waals surface area contributed by atoms with Crippen LogP contribution in [0.15, 0.2) is 6.07 Å². The summed E-state index contributed by atoms with van der Waals surface area (Å²) >= 11 is 0. The van der Waals surface area contributed by atoms with Gasteiger partial charge in [-0.05, 0) is 31.9 Å². The van der Waals surface area contributed by atoms with Crippen molar-refractivity contribution in [2.24, 2.45) is 0 Å². The van der Waals surface area contributed by atoms with Crippen LogP contribution in [0.2, 0.25) is 0 Å². The number of aryl methyl sites for hydroxylation is 1. The minimum absolute atomic E-state index is 0. The third-order valence-corrected chi connectivity index (χ3v) is 2.32. The topological polar surface area (TPSA) is 157 Å². The van der Waals surface area contributed by atoms with Gasteiger partial charge in [-0.25, -0.2) is 0 Å². The van der Waals surface area contributed by atoms with Crippen molar-refractivity contribution in [3.8, 4) is 11.5 Å². The quantitative estimate of drug-likeness (QED) is 0.471. The van der Waals surface area contributed by atoms with Gasteiger partial charge in [-0.1, -0.05) is 6.92 Å². The first-order chi connectivity index (χ1) is 10.7. The Hall–Kier alpha value is -2.38. The molecule has 0 aliphatic rings. The molecule has 1 aromatic carbocycles. The molecule has 0 bridgehead atoms. The van der Waals surface area contributed by atoms with Crippen molar-refractivity contribution in [2.75, 3.05) is 7.11 Å². The zero-order valence-corrected chi connectivity index (χ0v) is 15.0. The van der Waals surface area contributed by atoms with E-state index in [2.05, 4.69) is 0 Å². The number of benzene rings is 1. The maximum absolute atomic E-state index is 9.74. The van der Waals surface area contributed by atoms with Crippen LogP contribution in [-0.2, 0) is 33.1 Å². The Kier molecular flexibility index (Phi) is 15.7. The number of carboxylic acid groups (broad SMARTS) is 2. The SMILES string of the molecule is CC(=O)[O-].CC(=O)[O-].CCc1cc(OC)c(O)c(C=N)c1C=N.[Mn+2]. The molecule has 0 saturated heterocycles. The van der Waals surface area contributed by atoms with Gasteiger partial charge >= 0.3 is 17.1 Å². The zero-order chi connectivity index (χ0) is 18.6. The van der Waals surface area contributed by atoms with E-state index < -0.39 is 11.9 Å². The fraction of sp³-hybridized carbons (Fsp3) is 0.333. The predicted molar refractivity (Wildman–Crippen MR) is 81.2 cm³/mol. The molecule has 0 aliphatic carbocycles. The van der Waals surface area contributed by atoms with Crippen LogP contribution in [0.25, 0.3) is 0 Å². The van der Waals surface area contributed by atoms with Crippen molar-refractivity contribution in [3.05, 3.63) is 22.8 Å². The van der Waals surface area contributed by atoms with Crippen LogP contribution in [0.3, 0.4) is 0 Å². The van der Waals surface area contributed by atoms with E-state index in [0.717, 1.165) is 38.3 Å². The fourth-order valence-electron chi connectivity index (χ4n) is 1.50. The second kappa shape index (κ2) is 14.2. The Morgan fingerprint density at radius 1 is 1.17 bits per heavy atom. The first-order valence-electron chi connectivity index (χ1n) is 6.45. The molecule has 0 aromatic heterocycles. The predicted octanol–water partition coefficient (Wildman–Crippen LogP) is -0.532. The second-order valence-electron chi connectivity index (χ2n) is 4.04. The molecule has 1 rings (SSSR count). The average Bonchev–Trinajstić information content (AvgIpc) is 2.45. The molecule has 0 spiro atoms. The Labute approximate surface area is 151 Å². The summed E-state index contributed by atoms with van der Waals surface area (Å²) in [6, 6.07) is 1.70. The molecule has 133 valence electrons. The van der Waals surface area contributed by atoms with E-state index in [4.69, 9.17) is 35.4 Å². The van der Waals surface area contributed by atoms with Crippen LogP contribution in [0, 0.1) is 10.8 Å². The number of hydrogen-bond acceptors (Lipinski definition) is 8. The summed E-state index contributed by atoms with van der Waals surface area (Å²) < 4.78 is 5.00. The van der Waals surface area contributed by atoms with Gasteiger partial charge in [-0.3, -0.25) is 0 Å². The number of aromatic hydroxyl groups is 1. The Bertz CT molecular complexity index is 556. The zero-order valence-electron chi connectivity index (χ0n) is 13.8. The van der Waals surface area contributed by atoms with E-state index in [1.54, 1.807) is 6.07 Å². The molecule has 24 heavy (non-hydrogen) atoms. The van der Waals surface area contributed by atoms with E-state index in [9.17, 15) is 5.11 Å². The number of ether oxygens (including phenoxy) is 1. The van der Waals surface area contributed by atoms with E-state index in [-0.39, 0.29) is 22.8 Å². The van der Waals surface area contributed by atoms with Crippen LogP contribution in [0.4, 0.5) is 0 Å². The molecule has 0 heterocycles. The molecular formula is C15H20MnN2O6. The van der Waals surface area contributed by atoms with Gasteiger partial charge in [-0.15, -0.1) is 0 Å². The monoisotopic (exact) mass is 379 g/mol. The van der Waals surface area contributed by atoms with E-state index in [1.807, 2.05) is 6.92 Å². The third kappa shape index (κ3) is 10.4. The van der Waals surface area contributed by atoms with Gasteiger partial charge in [-0.2, -0.15) is 0 Å². The third-order valence-electron chi connectivity index (χ3n) is 2.32. The van der Waals surface area contributed by atoms with Crippen molar-refractivity contribution in [3.63, 3.8) is 0 Å². The van der Waals surface area contributed by atoms with E-state index in [0.29, 0.717) is 16.9 Å². The number of aliphatic carboxylic acids is 2. The average molecular weight is 379 g/mol. The summed E-state index contributed by atoms with van der Waals surface area (Å²) in [7, 11) is 1.46. The molecule has 0 amide bonds. The van der Waals surface area contributed by atoms with Crippen molar-refractivity contribution >= 4 is 24.4 Å². The van der Waals surface area contributed by atoms with Crippen molar-refractivity contribution in [1.82, 2.24) is 0 Å². The van der Waals surface area contributed by atoms with Crippen molar-refractivity contribution in [1.29, 1.82) is 10.8 Å². The van der Waals surface area contributed by atoms with E-state index in [1.165, 1.54) is 7.11 Å². The first kappa shape index (κ1) is 26.5. The molecular weight excluding hydrogens is 359 g/mol. The Morgan fingerprint density at radius 2 is 1.54 bits per heavy atom. The summed E-state index contributed by atoms with van der Waals surface area (Å²) in [5.74, 6) is -1.90. The first-order valence-corrected chi connectivity index (χ1v) is 6.45. The normalized spacial score (nSPS) is 8.17. The van der Waals surface area contributed by atoms with Crippen LogP contribution in [0.1, 0.15) is 37.5 Å². The van der Waals surface area contributed by atoms with Gasteiger partial charge in [0.1, 0.15) is 0 Å². The molecule has 0 fully saturated rings. The number of carbonyl (C=O) groups excluding carboxylic acids is 2. The van der Waals surface area contributed by atoms with Crippen LogP contribution < -0.4 is 14.9 Å². The molecule has 0 aliphatic heterocycles. The van der Waals surface area contributed by atoms with Crippen molar-refractivity contribution in [2.45, 2.75) is 27.2 Å². The molecule has 3 N–H and O–H groups in total. The van der Waals surface area contributed by atoms with E-state index >= 15 is 0 Å². The van der Waals surface area contributed by atoms with Gasteiger partial charge < -0.3 is 40.5 Å². The maximum atomic E-state index is 9.74. The van der Waals surface area contributed by atoms with Gasteiger partial charge in [0, 0.05) is 35.5 Å².